The van der Waals surface area contributed by atoms with Gasteiger partial charge < -0.3 is 10.0 Å². The summed E-state index contributed by atoms with van der Waals surface area (Å²) >= 11 is 1.94. The van der Waals surface area contributed by atoms with Crippen LogP contribution in [-0.2, 0) is 4.79 Å². The highest BCUT2D eigenvalue weighted by Crippen LogP contribution is 2.29. The summed E-state index contributed by atoms with van der Waals surface area (Å²) in [5.74, 6) is 0.188. The van der Waals surface area contributed by atoms with Gasteiger partial charge in [0.15, 0.2) is 0 Å². The summed E-state index contributed by atoms with van der Waals surface area (Å²) in [7, 11) is 0. The summed E-state index contributed by atoms with van der Waals surface area (Å²) < 4.78 is 0.237. The first-order valence-electron chi connectivity index (χ1n) is 4.29. The van der Waals surface area contributed by atoms with E-state index < -0.39 is 5.97 Å². The van der Waals surface area contributed by atoms with Crippen molar-refractivity contribution in [2.75, 3.05) is 18.8 Å². The number of aliphatic carboxylic acids is 1. The van der Waals surface area contributed by atoms with Crippen LogP contribution in [0.2, 0.25) is 0 Å². The number of carboxylic acids is 1. The molecule has 0 aromatic heterocycles. The smallest absolute Gasteiger partial charge is 0.329 e. The topological polar surface area (TPSA) is 40.5 Å². The van der Waals surface area contributed by atoms with Gasteiger partial charge in [-0.2, -0.15) is 11.8 Å². The Balaban J connectivity index is 2.48. The van der Waals surface area contributed by atoms with Crippen molar-refractivity contribution in [2.45, 2.75) is 18.6 Å². The van der Waals surface area contributed by atoms with Crippen LogP contribution in [0.1, 0.15) is 13.8 Å². The zero-order chi connectivity index (χ0) is 9.90. The molecule has 0 unspecified atom stereocenters. The Kier molecular flexibility index (Phi) is 3.25. The van der Waals surface area contributed by atoms with Crippen molar-refractivity contribution in [3.8, 4) is 0 Å². The maximum Gasteiger partial charge on any atom is 0.329 e. The molecule has 1 aliphatic rings. The number of rotatable bonds is 2. The molecule has 74 valence electrons. The number of carbonyl (C=O) groups is 1. The van der Waals surface area contributed by atoms with Gasteiger partial charge in [0.1, 0.15) is 0 Å². The molecular formula is C9H15NO2S. The largest absolute Gasteiger partial charge is 0.478 e. The van der Waals surface area contributed by atoms with Gasteiger partial charge in [0, 0.05) is 35.9 Å². The second kappa shape index (κ2) is 4.05. The second-order valence-electron chi connectivity index (χ2n) is 3.73. The normalized spacial score (nSPS) is 22.2. The molecule has 0 amide bonds. The third-order valence-electron chi connectivity index (χ3n) is 1.88. The van der Waals surface area contributed by atoms with Gasteiger partial charge in [-0.3, -0.25) is 0 Å². The molecule has 3 nitrogen and oxygen atoms in total. The van der Waals surface area contributed by atoms with Crippen molar-refractivity contribution in [3.63, 3.8) is 0 Å². The number of hydrogen-bond acceptors (Lipinski definition) is 3. The molecule has 0 aliphatic carbocycles. The Bertz CT molecular complexity index is 226. The monoisotopic (exact) mass is 201 g/mol. The molecule has 0 atom stereocenters. The SMILES string of the molecule is CC1(C)CN(/C=C/C(=O)O)CCS1. The van der Waals surface area contributed by atoms with E-state index in [1.165, 1.54) is 6.08 Å². The van der Waals surface area contributed by atoms with Gasteiger partial charge >= 0.3 is 5.97 Å². The quantitative estimate of drug-likeness (QED) is 0.686. The first-order valence-corrected chi connectivity index (χ1v) is 5.27. The maximum absolute atomic E-state index is 10.3. The summed E-state index contributed by atoms with van der Waals surface area (Å²) in [6.45, 7) is 6.22. The van der Waals surface area contributed by atoms with Crippen LogP contribution in [0.5, 0.6) is 0 Å². The van der Waals surface area contributed by atoms with Gasteiger partial charge in [-0.1, -0.05) is 0 Å². The minimum absolute atomic E-state index is 0.237. The lowest BCUT2D eigenvalue weighted by Crippen LogP contribution is -2.40. The molecule has 0 aromatic rings. The molecule has 0 bridgehead atoms. The van der Waals surface area contributed by atoms with E-state index in [1.54, 1.807) is 6.20 Å². The van der Waals surface area contributed by atoms with E-state index in [0.717, 1.165) is 18.8 Å². The molecule has 0 saturated carbocycles. The van der Waals surface area contributed by atoms with E-state index in [-0.39, 0.29) is 4.75 Å². The summed E-state index contributed by atoms with van der Waals surface area (Å²) in [4.78, 5) is 12.3. The van der Waals surface area contributed by atoms with Gasteiger partial charge in [0.05, 0.1) is 0 Å². The van der Waals surface area contributed by atoms with Crippen LogP contribution in [0, 0.1) is 0 Å². The molecule has 1 heterocycles. The van der Waals surface area contributed by atoms with E-state index in [4.69, 9.17) is 5.11 Å². The van der Waals surface area contributed by atoms with Crippen LogP contribution in [0.3, 0.4) is 0 Å². The zero-order valence-corrected chi connectivity index (χ0v) is 8.80. The zero-order valence-electron chi connectivity index (χ0n) is 7.99. The summed E-state index contributed by atoms with van der Waals surface area (Å²) in [6, 6.07) is 0. The number of carboxylic acid groups (broad SMARTS) is 1. The van der Waals surface area contributed by atoms with Gasteiger partial charge in [-0.25, -0.2) is 4.79 Å². The molecule has 1 aliphatic heterocycles. The van der Waals surface area contributed by atoms with E-state index in [2.05, 4.69) is 18.7 Å². The Hall–Kier alpha value is -0.640. The maximum atomic E-state index is 10.3. The van der Waals surface area contributed by atoms with Gasteiger partial charge in [0.25, 0.3) is 0 Å². The third-order valence-corrected chi connectivity index (χ3v) is 3.18. The Morgan fingerprint density at radius 1 is 1.62 bits per heavy atom. The fourth-order valence-corrected chi connectivity index (χ4v) is 2.48. The molecule has 0 aromatic carbocycles. The van der Waals surface area contributed by atoms with Crippen LogP contribution in [0.25, 0.3) is 0 Å². The molecule has 0 spiro atoms. The van der Waals surface area contributed by atoms with Crippen LogP contribution >= 0.6 is 11.8 Å². The standard InChI is InChI=1S/C9H15NO2S/c1-9(2)7-10(5-6-13-9)4-3-8(11)12/h3-4H,5-7H2,1-2H3,(H,11,12)/b4-3+. The van der Waals surface area contributed by atoms with Crippen LogP contribution in [0.4, 0.5) is 0 Å². The van der Waals surface area contributed by atoms with Crippen molar-refractivity contribution in [2.24, 2.45) is 0 Å². The molecule has 1 rings (SSSR count). The van der Waals surface area contributed by atoms with Crippen molar-refractivity contribution in [3.05, 3.63) is 12.3 Å². The van der Waals surface area contributed by atoms with E-state index >= 15 is 0 Å². The molecule has 4 heteroatoms. The highest BCUT2D eigenvalue weighted by Gasteiger charge is 2.25. The fraction of sp³-hybridized carbons (Fsp3) is 0.667. The summed E-state index contributed by atoms with van der Waals surface area (Å²) in [5, 5.41) is 8.46. The molecule has 0 radical (unpaired) electrons. The Labute approximate surface area is 82.8 Å². The summed E-state index contributed by atoms with van der Waals surface area (Å²) in [5.41, 5.74) is 0. The van der Waals surface area contributed by atoms with Gasteiger partial charge in [-0.15, -0.1) is 0 Å². The van der Waals surface area contributed by atoms with Crippen molar-refractivity contribution >= 4 is 17.7 Å². The Morgan fingerprint density at radius 3 is 2.85 bits per heavy atom. The number of nitrogens with zero attached hydrogens (tertiary/aromatic N) is 1. The van der Waals surface area contributed by atoms with Gasteiger partial charge in [-0.05, 0) is 13.8 Å². The summed E-state index contributed by atoms with van der Waals surface area (Å²) in [6.07, 6.45) is 2.87. The van der Waals surface area contributed by atoms with E-state index in [0.29, 0.717) is 0 Å². The third kappa shape index (κ3) is 3.72. The minimum Gasteiger partial charge on any atom is -0.478 e. The molecule has 1 saturated heterocycles. The lowest BCUT2D eigenvalue weighted by atomic mass is 10.2. The molecule has 1 fully saturated rings. The lowest BCUT2D eigenvalue weighted by molar-refractivity contribution is -0.131. The first-order chi connectivity index (χ1) is 5.99. The lowest BCUT2D eigenvalue weighted by Gasteiger charge is -2.36. The number of thioether (sulfide) groups is 1. The first kappa shape index (κ1) is 10.4. The highest BCUT2D eigenvalue weighted by atomic mass is 32.2. The highest BCUT2D eigenvalue weighted by molar-refractivity contribution is 8.00. The van der Waals surface area contributed by atoms with Gasteiger partial charge in [0.2, 0.25) is 0 Å². The molecule has 13 heavy (non-hydrogen) atoms. The van der Waals surface area contributed by atoms with Crippen molar-refractivity contribution in [1.29, 1.82) is 0 Å². The van der Waals surface area contributed by atoms with E-state index in [1.807, 2.05) is 11.8 Å². The second-order valence-corrected chi connectivity index (χ2v) is 5.53. The molecular weight excluding hydrogens is 186 g/mol. The van der Waals surface area contributed by atoms with Crippen molar-refractivity contribution in [1.82, 2.24) is 4.90 Å². The minimum atomic E-state index is -0.879. The van der Waals surface area contributed by atoms with E-state index in [9.17, 15) is 4.79 Å². The van der Waals surface area contributed by atoms with Crippen LogP contribution in [0.15, 0.2) is 12.3 Å². The van der Waals surface area contributed by atoms with Crippen molar-refractivity contribution < 1.29 is 9.90 Å². The van der Waals surface area contributed by atoms with Crippen LogP contribution in [-0.4, -0.2) is 39.6 Å². The average molecular weight is 201 g/mol. The van der Waals surface area contributed by atoms with Crippen LogP contribution < -0.4 is 0 Å². The predicted octanol–water partition coefficient (Wildman–Crippen LogP) is 1.41. The predicted molar refractivity (Wildman–Crippen MR) is 54.9 cm³/mol. The fourth-order valence-electron chi connectivity index (χ4n) is 1.35. The number of hydrogen-bond donors (Lipinski definition) is 1. The average Bonchev–Trinajstić information content (AvgIpc) is 1.99. The Morgan fingerprint density at radius 2 is 2.31 bits per heavy atom. The molecule has 1 N–H and O–H groups in total.